The molecule has 19 heavy (non-hydrogen) atoms. The molecule has 6 nitrogen and oxygen atoms in total. The molecular weight excluding hydrogens is 369 g/mol. The number of nitrogens with zero attached hydrogens (tertiary/aromatic N) is 1. The van der Waals surface area contributed by atoms with E-state index >= 15 is 0 Å². The van der Waals surface area contributed by atoms with Gasteiger partial charge in [-0.2, -0.15) is 0 Å². The molecule has 0 aromatic rings. The monoisotopic (exact) mass is 387 g/mol. The first-order valence-electron chi connectivity index (χ1n) is 5.28. The van der Waals surface area contributed by atoms with E-state index in [2.05, 4.69) is 0 Å². The van der Waals surface area contributed by atoms with E-state index in [1.165, 1.54) is 4.90 Å². The Morgan fingerprint density at radius 3 is 1.84 bits per heavy atom. The summed E-state index contributed by atoms with van der Waals surface area (Å²) < 4.78 is 0. The van der Waals surface area contributed by atoms with Crippen molar-refractivity contribution in [2.45, 2.75) is 32.6 Å². The van der Waals surface area contributed by atoms with Gasteiger partial charge in [-0.05, 0) is 6.42 Å². The van der Waals surface area contributed by atoms with Gasteiger partial charge in [0.1, 0.15) is 6.29 Å². The molecule has 0 amide bonds. The number of unbranched alkanes of at least 4 members (excludes halogenated alkanes) is 3. The van der Waals surface area contributed by atoms with E-state index in [0.29, 0.717) is 13.0 Å². The maximum absolute atomic E-state index is 10.5. The summed E-state index contributed by atoms with van der Waals surface area (Å²) in [6.45, 7) is 2.38. The van der Waals surface area contributed by atoms with Crippen molar-refractivity contribution in [3.8, 4) is 0 Å². The average molecular weight is 387 g/mol. The SMILES string of the molecule is CCCCCCN(C[PH+]([O-])[O-])C[P+]([O-])([O-])[O-].[K+].[K+].[K+]. The Bertz CT molecular complexity index is 188. The van der Waals surface area contributed by atoms with Crippen LogP contribution in [0.25, 0.3) is 0 Å². The maximum Gasteiger partial charge on any atom is 1.00 e. The summed E-state index contributed by atoms with van der Waals surface area (Å²) in [6.07, 6.45) is 2.66. The Hall–Kier alpha value is 5.53. The largest absolute Gasteiger partial charge is 1.00 e. The molecule has 0 aliphatic rings. The average Bonchev–Trinajstić information content (AvgIpc) is 2.08. The zero-order valence-corrected chi connectivity index (χ0v) is 23.6. The number of hydrogen-bond donors (Lipinski definition) is 0. The fraction of sp³-hybridized carbons (Fsp3) is 1.00. The van der Waals surface area contributed by atoms with E-state index < -0.39 is 22.6 Å². The van der Waals surface area contributed by atoms with Gasteiger partial charge in [0, 0.05) is 6.54 Å². The van der Waals surface area contributed by atoms with Crippen molar-refractivity contribution in [2.24, 2.45) is 0 Å². The molecule has 0 radical (unpaired) electrons. The van der Waals surface area contributed by atoms with Gasteiger partial charge in [-0.25, -0.2) is 4.90 Å². The normalized spacial score (nSPS) is 10.7. The smallest absolute Gasteiger partial charge is 0.687 e. The van der Waals surface area contributed by atoms with Crippen LogP contribution in [-0.4, -0.2) is 24.0 Å². The molecule has 0 N–H and O–H groups in total. The molecule has 0 atom stereocenters. The third-order valence-electron chi connectivity index (χ3n) is 2.05. The third-order valence-corrected chi connectivity index (χ3v) is 3.51. The van der Waals surface area contributed by atoms with E-state index in [4.69, 9.17) is 0 Å². The van der Waals surface area contributed by atoms with Crippen molar-refractivity contribution >= 4 is 16.3 Å². The second kappa shape index (κ2) is 19.8. The summed E-state index contributed by atoms with van der Waals surface area (Å²) in [5.41, 5.74) is 0. The molecule has 0 saturated carbocycles. The Morgan fingerprint density at radius 1 is 0.947 bits per heavy atom. The van der Waals surface area contributed by atoms with E-state index in [1.54, 1.807) is 0 Å². The summed E-state index contributed by atoms with van der Waals surface area (Å²) >= 11 is 0. The van der Waals surface area contributed by atoms with Gasteiger partial charge in [0.2, 0.25) is 0 Å². The molecule has 98 valence electrons. The molecule has 0 saturated heterocycles. The fourth-order valence-electron chi connectivity index (χ4n) is 1.39. The van der Waals surface area contributed by atoms with Gasteiger partial charge in [0.05, 0.1) is 6.29 Å². The van der Waals surface area contributed by atoms with Crippen LogP contribution >= 0.6 is 16.3 Å². The van der Waals surface area contributed by atoms with Crippen LogP contribution in [-0.2, 0) is 0 Å². The second-order valence-electron chi connectivity index (χ2n) is 3.74. The van der Waals surface area contributed by atoms with Gasteiger partial charge in [-0.3, -0.25) is 0 Å². The fourth-order valence-corrected chi connectivity index (χ4v) is 2.94. The van der Waals surface area contributed by atoms with E-state index in [1.807, 2.05) is 6.92 Å². The van der Waals surface area contributed by atoms with Gasteiger partial charge >= 0.3 is 154 Å². The molecule has 0 unspecified atom stereocenters. The minimum atomic E-state index is -4.67. The minimum absolute atomic E-state index is 0. The topological polar surface area (TPSA) is 119 Å². The molecule has 0 aliphatic heterocycles. The molecule has 0 heterocycles. The molecule has 0 aromatic carbocycles. The van der Waals surface area contributed by atoms with Crippen molar-refractivity contribution < 1.29 is 179 Å². The van der Waals surface area contributed by atoms with Crippen LogP contribution in [0.1, 0.15) is 32.6 Å². The van der Waals surface area contributed by atoms with Crippen LogP contribution in [0, 0.1) is 0 Å². The van der Waals surface area contributed by atoms with Crippen molar-refractivity contribution in [1.29, 1.82) is 0 Å². The van der Waals surface area contributed by atoms with Crippen LogP contribution < -0.4 is 179 Å². The van der Waals surface area contributed by atoms with Crippen LogP contribution in [0.2, 0.25) is 0 Å². The Kier molecular flexibility index (Phi) is 33.7. The maximum atomic E-state index is 10.5. The zero-order valence-electron chi connectivity index (χ0n) is 12.4. The van der Waals surface area contributed by atoms with Gasteiger partial charge in [-0.1, -0.05) is 34.6 Å². The summed E-state index contributed by atoms with van der Waals surface area (Å²) in [7, 11) is -7.69. The Morgan fingerprint density at radius 2 is 1.47 bits per heavy atom. The van der Waals surface area contributed by atoms with Gasteiger partial charge in [0.15, 0.2) is 0 Å². The predicted molar refractivity (Wildman–Crippen MR) is 55.8 cm³/mol. The first-order valence-corrected chi connectivity index (χ1v) is 8.53. The first-order chi connectivity index (χ1) is 7.35. The molecule has 0 fully saturated rings. The molecule has 0 spiro atoms. The van der Waals surface area contributed by atoms with Crippen molar-refractivity contribution in [2.75, 3.05) is 19.1 Å². The Balaban J connectivity index is -0.000000375. The summed E-state index contributed by atoms with van der Waals surface area (Å²) in [4.78, 5) is 53.9. The van der Waals surface area contributed by atoms with Crippen molar-refractivity contribution in [1.82, 2.24) is 4.90 Å². The molecule has 0 rings (SSSR count). The summed E-state index contributed by atoms with van der Waals surface area (Å²) in [5.74, 6) is 0. The summed E-state index contributed by atoms with van der Waals surface area (Å²) in [5, 5.41) is 0. The van der Waals surface area contributed by atoms with E-state index in [9.17, 15) is 24.5 Å². The summed E-state index contributed by atoms with van der Waals surface area (Å²) in [6, 6.07) is 0. The number of rotatable bonds is 9. The number of hydrogen-bond acceptors (Lipinski definition) is 6. The third kappa shape index (κ3) is 25.9. The van der Waals surface area contributed by atoms with Crippen LogP contribution in [0.4, 0.5) is 0 Å². The van der Waals surface area contributed by atoms with Gasteiger partial charge < -0.3 is 24.5 Å². The van der Waals surface area contributed by atoms with E-state index in [-0.39, 0.29) is 160 Å². The molecule has 0 aliphatic carbocycles. The molecule has 11 heteroatoms. The first kappa shape index (κ1) is 32.2. The molecule has 0 aromatic heterocycles. The van der Waals surface area contributed by atoms with Gasteiger partial charge in [-0.15, -0.1) is 7.94 Å². The van der Waals surface area contributed by atoms with Crippen molar-refractivity contribution in [3.63, 3.8) is 0 Å². The quantitative estimate of drug-likeness (QED) is 0.220. The molecular formula is C8H18K3NO5P2. The minimum Gasteiger partial charge on any atom is -0.687 e. The van der Waals surface area contributed by atoms with Crippen LogP contribution in [0.3, 0.4) is 0 Å². The Labute approximate surface area is 245 Å². The standard InChI is InChI=1S/C8H20NO5P2.3K/c1-2-3-4-5-6-9(7-15(10)11)8-16(12,13)14;;;/h15H,2-8H2,1H3,(H2,12,13,14);;;/q-1;3*+1/p-2. The van der Waals surface area contributed by atoms with Gasteiger partial charge in [0.25, 0.3) is 0 Å². The molecule has 0 bridgehead atoms. The zero-order chi connectivity index (χ0) is 12.6. The van der Waals surface area contributed by atoms with Crippen LogP contribution in [0.5, 0.6) is 0 Å². The predicted octanol–water partition coefficient (Wildman–Crippen LogP) is -11.6. The second-order valence-corrected chi connectivity index (χ2v) is 6.30. The van der Waals surface area contributed by atoms with Crippen LogP contribution in [0.15, 0.2) is 0 Å². The van der Waals surface area contributed by atoms with Crippen molar-refractivity contribution in [3.05, 3.63) is 0 Å². The van der Waals surface area contributed by atoms with E-state index in [0.717, 1.165) is 19.3 Å².